The molecule has 0 saturated carbocycles. The lowest BCUT2D eigenvalue weighted by atomic mass is 10.2. The van der Waals surface area contributed by atoms with Gasteiger partial charge >= 0.3 is 0 Å². The fourth-order valence-electron chi connectivity index (χ4n) is 2.71. The van der Waals surface area contributed by atoms with E-state index in [-0.39, 0.29) is 10.7 Å². The molecule has 1 saturated heterocycles. The van der Waals surface area contributed by atoms with Crippen LogP contribution in [0.2, 0.25) is 0 Å². The summed E-state index contributed by atoms with van der Waals surface area (Å²) < 4.78 is 45.4. The highest BCUT2D eigenvalue weighted by Crippen LogP contribution is 2.20. The van der Waals surface area contributed by atoms with Crippen molar-refractivity contribution in [3.05, 3.63) is 59.4 Å². The smallest absolute Gasteiger partial charge is 0.243 e. The Hall–Kier alpha value is -1.96. The fraction of sp³-hybridized carbons (Fsp3) is 0.333. The molecule has 1 heterocycles. The van der Waals surface area contributed by atoms with Gasteiger partial charge in [-0.05, 0) is 48.4 Å². The Morgan fingerprint density at radius 2 is 1.92 bits per heavy atom. The van der Waals surface area contributed by atoms with Crippen LogP contribution in [0.3, 0.4) is 0 Å². The van der Waals surface area contributed by atoms with E-state index in [1.54, 1.807) is 37.3 Å². The Morgan fingerprint density at radius 3 is 2.64 bits per heavy atom. The van der Waals surface area contributed by atoms with Gasteiger partial charge in [0.2, 0.25) is 10.0 Å². The van der Waals surface area contributed by atoms with Crippen LogP contribution in [0.15, 0.2) is 47.4 Å². The maximum absolute atomic E-state index is 13.3. The first-order valence-electron chi connectivity index (χ1n) is 8.14. The number of sulfonamides is 1. The lowest BCUT2D eigenvalue weighted by Gasteiger charge is -2.26. The molecule has 2 aromatic carbocycles. The van der Waals surface area contributed by atoms with E-state index in [4.69, 9.17) is 4.74 Å². The van der Waals surface area contributed by atoms with E-state index in [0.717, 1.165) is 11.3 Å². The third-order valence-corrected chi connectivity index (χ3v) is 6.06. The number of morpholine rings is 1. The van der Waals surface area contributed by atoms with Crippen LogP contribution in [0.4, 0.5) is 10.1 Å². The number of ether oxygens (including phenoxy) is 1. The summed E-state index contributed by atoms with van der Waals surface area (Å²) in [4.78, 5) is 0.281. The molecule has 0 aliphatic carbocycles. The van der Waals surface area contributed by atoms with Gasteiger partial charge in [0.05, 0.1) is 18.1 Å². The maximum atomic E-state index is 13.3. The van der Waals surface area contributed by atoms with Gasteiger partial charge in [0.15, 0.2) is 0 Å². The summed E-state index contributed by atoms with van der Waals surface area (Å²) in [5, 5.41) is 3.19. The Labute approximate surface area is 147 Å². The second-order valence-electron chi connectivity index (χ2n) is 5.98. The molecule has 3 rings (SSSR count). The number of halogens is 1. The van der Waals surface area contributed by atoms with Gasteiger partial charge in [0.25, 0.3) is 0 Å². The van der Waals surface area contributed by atoms with Crippen LogP contribution in [-0.4, -0.2) is 39.0 Å². The first-order valence-corrected chi connectivity index (χ1v) is 9.58. The Balaban J connectivity index is 1.73. The maximum Gasteiger partial charge on any atom is 0.243 e. The number of nitrogens with one attached hydrogen (secondary N) is 1. The predicted octanol–water partition coefficient (Wildman–Crippen LogP) is 2.77. The van der Waals surface area contributed by atoms with Crippen molar-refractivity contribution in [2.24, 2.45) is 0 Å². The van der Waals surface area contributed by atoms with Crippen molar-refractivity contribution >= 4 is 15.7 Å². The van der Waals surface area contributed by atoms with Crippen LogP contribution in [0.5, 0.6) is 0 Å². The highest BCUT2D eigenvalue weighted by molar-refractivity contribution is 7.89. The van der Waals surface area contributed by atoms with E-state index in [0.29, 0.717) is 38.4 Å². The molecular formula is C18H21FN2O3S. The molecule has 5 nitrogen and oxygen atoms in total. The third-order valence-electron chi connectivity index (χ3n) is 4.16. The van der Waals surface area contributed by atoms with Gasteiger partial charge in [-0.1, -0.05) is 12.1 Å². The zero-order valence-electron chi connectivity index (χ0n) is 14.0. The lowest BCUT2D eigenvalue weighted by molar-refractivity contribution is 0.0730. The largest absolute Gasteiger partial charge is 0.381 e. The highest BCUT2D eigenvalue weighted by atomic mass is 32.2. The van der Waals surface area contributed by atoms with E-state index in [9.17, 15) is 12.8 Å². The Bertz CT molecular complexity index is 849. The summed E-state index contributed by atoms with van der Waals surface area (Å²) >= 11 is 0. The predicted molar refractivity (Wildman–Crippen MR) is 94.5 cm³/mol. The first-order chi connectivity index (χ1) is 12.0. The lowest BCUT2D eigenvalue weighted by Crippen LogP contribution is -2.40. The van der Waals surface area contributed by atoms with Gasteiger partial charge < -0.3 is 10.1 Å². The average Bonchev–Trinajstić information content (AvgIpc) is 2.64. The van der Waals surface area contributed by atoms with Crippen LogP contribution >= 0.6 is 0 Å². The zero-order valence-corrected chi connectivity index (χ0v) is 14.9. The summed E-state index contributed by atoms with van der Waals surface area (Å²) in [6.45, 7) is 3.75. The monoisotopic (exact) mass is 364 g/mol. The fourth-order valence-corrected chi connectivity index (χ4v) is 4.19. The minimum absolute atomic E-state index is 0.246. The van der Waals surface area contributed by atoms with Crippen LogP contribution < -0.4 is 5.32 Å². The van der Waals surface area contributed by atoms with E-state index in [2.05, 4.69) is 5.32 Å². The molecule has 0 unspecified atom stereocenters. The molecule has 0 spiro atoms. The number of nitrogens with zero attached hydrogens (tertiary/aromatic N) is 1. The van der Waals surface area contributed by atoms with Gasteiger partial charge in [-0.3, -0.25) is 0 Å². The minimum Gasteiger partial charge on any atom is -0.381 e. The van der Waals surface area contributed by atoms with Gasteiger partial charge in [0, 0.05) is 25.3 Å². The van der Waals surface area contributed by atoms with Gasteiger partial charge in [-0.2, -0.15) is 4.31 Å². The van der Waals surface area contributed by atoms with Crippen LogP contribution in [0.25, 0.3) is 0 Å². The molecule has 7 heteroatoms. The molecule has 2 aromatic rings. The molecular weight excluding hydrogens is 343 g/mol. The molecule has 0 amide bonds. The number of rotatable bonds is 5. The number of hydrogen-bond donors (Lipinski definition) is 1. The first kappa shape index (κ1) is 17.8. The van der Waals surface area contributed by atoms with Crippen LogP contribution in [0.1, 0.15) is 11.1 Å². The Morgan fingerprint density at radius 1 is 1.16 bits per heavy atom. The topological polar surface area (TPSA) is 58.6 Å². The second kappa shape index (κ2) is 7.51. The molecule has 1 aliphatic rings. The number of benzene rings is 2. The van der Waals surface area contributed by atoms with Crippen molar-refractivity contribution in [3.8, 4) is 0 Å². The van der Waals surface area contributed by atoms with E-state index < -0.39 is 10.0 Å². The van der Waals surface area contributed by atoms with E-state index >= 15 is 0 Å². The Kier molecular flexibility index (Phi) is 5.36. The quantitative estimate of drug-likeness (QED) is 0.886. The van der Waals surface area contributed by atoms with Crippen molar-refractivity contribution in [1.29, 1.82) is 0 Å². The van der Waals surface area contributed by atoms with Crippen LogP contribution in [-0.2, 0) is 21.3 Å². The van der Waals surface area contributed by atoms with Gasteiger partial charge in [0.1, 0.15) is 5.82 Å². The summed E-state index contributed by atoms with van der Waals surface area (Å²) in [5.74, 6) is -0.246. The normalized spacial score (nSPS) is 15.9. The van der Waals surface area contributed by atoms with E-state index in [1.165, 1.54) is 10.4 Å². The second-order valence-corrected chi connectivity index (χ2v) is 7.92. The molecule has 134 valence electrons. The van der Waals surface area contributed by atoms with Gasteiger partial charge in [-0.25, -0.2) is 12.8 Å². The van der Waals surface area contributed by atoms with Crippen molar-refractivity contribution in [1.82, 2.24) is 4.31 Å². The third kappa shape index (κ3) is 4.18. The number of aryl methyl sites for hydroxylation is 1. The zero-order chi connectivity index (χ0) is 17.9. The molecule has 25 heavy (non-hydrogen) atoms. The summed E-state index contributed by atoms with van der Waals surface area (Å²) in [6.07, 6.45) is 0. The molecule has 0 radical (unpaired) electrons. The van der Waals surface area contributed by atoms with Crippen LogP contribution in [0, 0.1) is 12.7 Å². The van der Waals surface area contributed by atoms with Crippen molar-refractivity contribution < 1.29 is 17.5 Å². The molecule has 0 bridgehead atoms. The number of anilines is 1. The molecule has 0 aromatic heterocycles. The minimum atomic E-state index is -3.50. The molecule has 1 N–H and O–H groups in total. The van der Waals surface area contributed by atoms with Gasteiger partial charge in [-0.15, -0.1) is 0 Å². The summed E-state index contributed by atoms with van der Waals surface area (Å²) in [7, 11) is -3.50. The standard InChI is InChI=1S/C18H21FN2O3S/c1-14-11-16(5-6-18(14)19)20-13-15-3-2-4-17(12-15)25(22,23)21-7-9-24-10-8-21/h2-6,11-12,20H,7-10,13H2,1H3. The highest BCUT2D eigenvalue weighted by Gasteiger charge is 2.26. The molecule has 0 atom stereocenters. The summed E-state index contributed by atoms with van der Waals surface area (Å²) in [5.41, 5.74) is 2.20. The van der Waals surface area contributed by atoms with Crippen molar-refractivity contribution in [3.63, 3.8) is 0 Å². The number of hydrogen-bond acceptors (Lipinski definition) is 4. The summed E-state index contributed by atoms with van der Waals surface area (Å²) in [6, 6.07) is 11.7. The van der Waals surface area contributed by atoms with E-state index in [1.807, 2.05) is 6.07 Å². The SMILES string of the molecule is Cc1cc(NCc2cccc(S(=O)(=O)N3CCOCC3)c2)ccc1F. The van der Waals surface area contributed by atoms with Crippen molar-refractivity contribution in [2.75, 3.05) is 31.6 Å². The molecule has 1 aliphatic heterocycles. The van der Waals surface area contributed by atoms with Crippen molar-refractivity contribution in [2.45, 2.75) is 18.4 Å². The average molecular weight is 364 g/mol. The molecule has 1 fully saturated rings.